The Morgan fingerprint density at radius 3 is 1.65 bits per heavy atom. The topological polar surface area (TPSA) is 231 Å². The molecular formula is C21H37N5O8. The largest absolute Gasteiger partial charge is 0.481 e. The summed E-state index contributed by atoms with van der Waals surface area (Å²) in [5.74, 6) is -5.95. The van der Waals surface area contributed by atoms with Gasteiger partial charge in [0.15, 0.2) is 0 Å². The number of carboxylic acid groups (broad SMARTS) is 2. The SMILES string of the molecule is CC(C)CC(N)C(=O)NC(CC(C)C)C(=O)NC(CCC(=O)O)C(=O)NC(CC(N)=O)C(=O)O. The van der Waals surface area contributed by atoms with Crippen molar-refractivity contribution < 1.29 is 39.0 Å². The fourth-order valence-electron chi connectivity index (χ4n) is 3.08. The van der Waals surface area contributed by atoms with Gasteiger partial charge in [-0.25, -0.2) is 4.79 Å². The molecule has 0 heterocycles. The van der Waals surface area contributed by atoms with Crippen LogP contribution in [-0.4, -0.2) is 69.9 Å². The first-order chi connectivity index (χ1) is 15.6. The van der Waals surface area contributed by atoms with Gasteiger partial charge in [0.1, 0.15) is 18.1 Å². The third kappa shape index (κ3) is 12.7. The number of hydrogen-bond donors (Lipinski definition) is 7. The second-order valence-electron chi connectivity index (χ2n) is 8.99. The minimum absolute atomic E-state index is 0.0318. The molecule has 13 nitrogen and oxygen atoms in total. The molecular weight excluding hydrogens is 450 g/mol. The maximum atomic E-state index is 12.9. The number of nitrogens with two attached hydrogens (primary N) is 2. The average molecular weight is 488 g/mol. The Morgan fingerprint density at radius 1 is 0.735 bits per heavy atom. The van der Waals surface area contributed by atoms with Gasteiger partial charge in [-0.2, -0.15) is 0 Å². The van der Waals surface area contributed by atoms with Crippen molar-refractivity contribution in [3.05, 3.63) is 0 Å². The highest BCUT2D eigenvalue weighted by atomic mass is 16.4. The number of carbonyl (C=O) groups is 6. The quantitative estimate of drug-likeness (QED) is 0.137. The minimum Gasteiger partial charge on any atom is -0.481 e. The second-order valence-corrected chi connectivity index (χ2v) is 8.99. The lowest BCUT2D eigenvalue weighted by Gasteiger charge is -2.26. The van der Waals surface area contributed by atoms with Crippen LogP contribution in [0.2, 0.25) is 0 Å². The zero-order valence-electron chi connectivity index (χ0n) is 20.0. The van der Waals surface area contributed by atoms with Crippen molar-refractivity contribution in [3.8, 4) is 0 Å². The summed E-state index contributed by atoms with van der Waals surface area (Å²) in [6.07, 6.45) is -0.960. The molecule has 34 heavy (non-hydrogen) atoms. The summed E-state index contributed by atoms with van der Waals surface area (Å²) in [7, 11) is 0. The van der Waals surface area contributed by atoms with Crippen LogP contribution in [0, 0.1) is 11.8 Å². The van der Waals surface area contributed by atoms with Crippen molar-refractivity contribution in [2.75, 3.05) is 0 Å². The molecule has 0 saturated heterocycles. The van der Waals surface area contributed by atoms with Gasteiger partial charge in [0.25, 0.3) is 0 Å². The van der Waals surface area contributed by atoms with Crippen LogP contribution in [0.4, 0.5) is 0 Å². The molecule has 0 rings (SSSR count). The van der Waals surface area contributed by atoms with Gasteiger partial charge >= 0.3 is 11.9 Å². The van der Waals surface area contributed by atoms with Gasteiger partial charge in [0.05, 0.1) is 12.5 Å². The third-order valence-corrected chi connectivity index (χ3v) is 4.70. The Balaban J connectivity index is 5.59. The Kier molecular flexibility index (Phi) is 13.4. The molecule has 0 aliphatic carbocycles. The van der Waals surface area contributed by atoms with E-state index in [1.165, 1.54) is 0 Å². The molecule has 0 spiro atoms. The van der Waals surface area contributed by atoms with Gasteiger partial charge in [0, 0.05) is 6.42 Å². The van der Waals surface area contributed by atoms with Crippen molar-refractivity contribution in [3.63, 3.8) is 0 Å². The summed E-state index contributed by atoms with van der Waals surface area (Å²) in [6.45, 7) is 7.41. The van der Waals surface area contributed by atoms with E-state index in [9.17, 15) is 33.9 Å². The molecule has 0 aromatic heterocycles. The van der Waals surface area contributed by atoms with Crippen LogP contribution < -0.4 is 27.4 Å². The first kappa shape index (κ1) is 30.8. The van der Waals surface area contributed by atoms with Crippen LogP contribution in [0.25, 0.3) is 0 Å². The fraction of sp³-hybridized carbons (Fsp3) is 0.714. The maximum Gasteiger partial charge on any atom is 0.326 e. The van der Waals surface area contributed by atoms with Crippen molar-refractivity contribution in [2.24, 2.45) is 23.3 Å². The summed E-state index contributed by atoms with van der Waals surface area (Å²) in [5, 5.41) is 25.2. The number of hydrogen-bond acceptors (Lipinski definition) is 7. The van der Waals surface area contributed by atoms with Crippen molar-refractivity contribution in [1.82, 2.24) is 16.0 Å². The summed E-state index contributed by atoms with van der Waals surface area (Å²) in [6, 6.07) is -5.01. The van der Waals surface area contributed by atoms with E-state index in [1.807, 2.05) is 27.7 Å². The van der Waals surface area contributed by atoms with Crippen LogP contribution in [0.15, 0.2) is 0 Å². The Labute approximate surface area is 198 Å². The summed E-state index contributed by atoms with van der Waals surface area (Å²) < 4.78 is 0. The number of amides is 4. The molecule has 9 N–H and O–H groups in total. The molecule has 13 heteroatoms. The van der Waals surface area contributed by atoms with Crippen LogP contribution in [-0.2, 0) is 28.8 Å². The van der Waals surface area contributed by atoms with Gasteiger partial charge in [0.2, 0.25) is 23.6 Å². The van der Waals surface area contributed by atoms with E-state index in [0.717, 1.165) is 0 Å². The first-order valence-corrected chi connectivity index (χ1v) is 11.0. The smallest absolute Gasteiger partial charge is 0.326 e. The summed E-state index contributed by atoms with van der Waals surface area (Å²) in [4.78, 5) is 71.4. The number of aliphatic carboxylic acids is 2. The van der Waals surface area contributed by atoms with Crippen molar-refractivity contribution >= 4 is 35.6 Å². The molecule has 0 aliphatic rings. The molecule has 0 fully saturated rings. The molecule has 0 aliphatic heterocycles. The predicted molar refractivity (Wildman–Crippen MR) is 121 cm³/mol. The summed E-state index contributed by atoms with van der Waals surface area (Å²) in [5.41, 5.74) is 10.9. The lowest BCUT2D eigenvalue weighted by molar-refractivity contribution is -0.144. The highest BCUT2D eigenvalue weighted by molar-refractivity contribution is 5.95. The van der Waals surface area contributed by atoms with Gasteiger partial charge in [-0.3, -0.25) is 24.0 Å². The van der Waals surface area contributed by atoms with Crippen LogP contribution in [0.3, 0.4) is 0 Å². The summed E-state index contributed by atoms with van der Waals surface area (Å²) >= 11 is 0. The minimum atomic E-state index is -1.66. The zero-order valence-corrected chi connectivity index (χ0v) is 20.0. The number of rotatable bonds is 16. The highest BCUT2D eigenvalue weighted by Gasteiger charge is 2.31. The lowest BCUT2D eigenvalue weighted by atomic mass is 10.00. The molecule has 0 aromatic rings. The third-order valence-electron chi connectivity index (χ3n) is 4.70. The van der Waals surface area contributed by atoms with Crippen LogP contribution in [0.1, 0.15) is 59.8 Å². The maximum absolute atomic E-state index is 12.9. The molecule has 4 unspecified atom stereocenters. The number of carboxylic acids is 2. The second kappa shape index (κ2) is 14.8. The Bertz CT molecular complexity index is 755. The number of carbonyl (C=O) groups excluding carboxylic acids is 4. The van der Waals surface area contributed by atoms with E-state index in [2.05, 4.69) is 16.0 Å². The van der Waals surface area contributed by atoms with E-state index in [0.29, 0.717) is 6.42 Å². The lowest BCUT2D eigenvalue weighted by Crippen LogP contribution is -2.57. The molecule has 0 bridgehead atoms. The van der Waals surface area contributed by atoms with Gasteiger partial charge in [-0.05, 0) is 31.1 Å². The fourth-order valence-corrected chi connectivity index (χ4v) is 3.08. The van der Waals surface area contributed by atoms with Gasteiger partial charge < -0.3 is 37.6 Å². The molecule has 4 atom stereocenters. The molecule has 0 radical (unpaired) electrons. The van der Waals surface area contributed by atoms with E-state index in [1.54, 1.807) is 0 Å². The van der Waals surface area contributed by atoms with Crippen LogP contribution in [0.5, 0.6) is 0 Å². The highest BCUT2D eigenvalue weighted by Crippen LogP contribution is 2.09. The Hall–Kier alpha value is -3.22. The van der Waals surface area contributed by atoms with E-state index < -0.39 is 72.6 Å². The first-order valence-electron chi connectivity index (χ1n) is 11.0. The molecule has 194 valence electrons. The average Bonchev–Trinajstić information content (AvgIpc) is 2.68. The molecule has 0 saturated carbocycles. The number of nitrogens with one attached hydrogen (secondary N) is 3. The van der Waals surface area contributed by atoms with Crippen molar-refractivity contribution in [1.29, 1.82) is 0 Å². The monoisotopic (exact) mass is 487 g/mol. The molecule has 4 amide bonds. The number of primary amides is 1. The van der Waals surface area contributed by atoms with E-state index in [-0.39, 0.29) is 24.7 Å². The van der Waals surface area contributed by atoms with Crippen molar-refractivity contribution in [2.45, 2.75) is 84.0 Å². The van der Waals surface area contributed by atoms with Crippen LogP contribution >= 0.6 is 0 Å². The predicted octanol–water partition coefficient (Wildman–Crippen LogP) is -1.31. The Morgan fingerprint density at radius 2 is 1.21 bits per heavy atom. The zero-order chi connectivity index (χ0) is 26.6. The van der Waals surface area contributed by atoms with Gasteiger partial charge in [-0.1, -0.05) is 27.7 Å². The van der Waals surface area contributed by atoms with Gasteiger partial charge in [-0.15, -0.1) is 0 Å². The normalized spacial score (nSPS) is 14.6. The molecule has 0 aromatic carbocycles. The standard InChI is InChI=1S/C21H37N5O8/c1-10(2)7-12(22)18(30)25-14(8-11(3)4)20(32)24-13(5-6-17(28)29)19(31)26-15(21(33)34)9-16(23)27/h10-15H,5-9,22H2,1-4H3,(H2,23,27)(H,24,32)(H,25,30)(H,26,31)(H,28,29)(H,33,34). The van der Waals surface area contributed by atoms with E-state index in [4.69, 9.17) is 16.6 Å². The van der Waals surface area contributed by atoms with E-state index >= 15 is 0 Å².